The van der Waals surface area contributed by atoms with Crippen LogP contribution in [0.3, 0.4) is 0 Å². The van der Waals surface area contributed by atoms with Crippen LogP contribution in [0.2, 0.25) is 0 Å². The minimum Gasteiger partial charge on any atom is -0.459 e. The lowest BCUT2D eigenvalue weighted by atomic mass is 10.0. The molecule has 198 valence electrons. The Kier molecular flexibility index (Phi) is 7.64. The first-order chi connectivity index (χ1) is 19.0. The molecule has 2 atom stereocenters. The summed E-state index contributed by atoms with van der Waals surface area (Å²) in [7, 11) is 0. The molecule has 2 aromatic carbocycles. The summed E-state index contributed by atoms with van der Waals surface area (Å²) in [6.07, 6.45) is 2.72. The predicted molar refractivity (Wildman–Crippen MR) is 152 cm³/mol. The van der Waals surface area contributed by atoms with Crippen LogP contribution in [0.5, 0.6) is 0 Å². The Morgan fingerprint density at radius 3 is 2.64 bits per heavy atom. The molecule has 2 N–H and O–H groups in total. The van der Waals surface area contributed by atoms with Gasteiger partial charge in [-0.25, -0.2) is 0 Å². The number of nitrogens with zero attached hydrogens (tertiary/aromatic N) is 3. The normalized spacial score (nSPS) is 16.6. The maximum Gasteiger partial charge on any atom is 0.280 e. The quantitative estimate of drug-likeness (QED) is 0.155. The zero-order valence-electron chi connectivity index (χ0n) is 21.2. The molecule has 1 amide bonds. The second kappa shape index (κ2) is 11.4. The van der Waals surface area contributed by atoms with Crippen molar-refractivity contribution in [1.29, 1.82) is 0 Å². The van der Waals surface area contributed by atoms with Gasteiger partial charge in [-0.15, -0.1) is 0 Å². The van der Waals surface area contributed by atoms with Crippen molar-refractivity contribution in [2.45, 2.75) is 31.8 Å². The summed E-state index contributed by atoms with van der Waals surface area (Å²) in [6, 6.07) is 22.6. The molecule has 0 spiro atoms. The first-order valence-electron chi connectivity index (χ1n) is 12.7. The highest BCUT2D eigenvalue weighted by molar-refractivity contribution is 7.80. The summed E-state index contributed by atoms with van der Waals surface area (Å²) in [5, 5.41) is 18.4. The maximum atomic E-state index is 12.9. The van der Waals surface area contributed by atoms with Crippen molar-refractivity contribution in [3.05, 3.63) is 112 Å². The molecule has 5 rings (SSSR count). The van der Waals surface area contributed by atoms with E-state index in [2.05, 4.69) is 15.6 Å². The average molecular weight is 542 g/mol. The molecular weight excluding hydrogens is 514 g/mol. The number of pyridine rings is 1. The van der Waals surface area contributed by atoms with Gasteiger partial charge in [-0.3, -0.25) is 19.9 Å². The molecule has 39 heavy (non-hydrogen) atoms. The molecule has 1 fully saturated rings. The number of hydrogen-bond donors (Lipinski definition) is 2. The number of aromatic nitrogens is 1. The van der Waals surface area contributed by atoms with Crippen LogP contribution in [0, 0.1) is 10.1 Å². The Bertz CT molecular complexity index is 1510. The number of para-hydroxylation sites is 2. The largest absolute Gasteiger partial charge is 0.459 e. The van der Waals surface area contributed by atoms with Crippen molar-refractivity contribution in [3.8, 4) is 11.3 Å². The van der Waals surface area contributed by atoms with E-state index >= 15 is 0 Å². The topological polar surface area (TPSA) is 114 Å². The molecule has 0 aliphatic carbocycles. The minimum absolute atomic E-state index is 0.0411. The van der Waals surface area contributed by atoms with Gasteiger partial charge in [0.25, 0.3) is 5.69 Å². The summed E-state index contributed by atoms with van der Waals surface area (Å²) in [4.78, 5) is 30.5. The molecule has 0 saturated carbocycles. The number of rotatable bonds is 9. The minimum atomic E-state index is -0.428. The molecule has 1 aliphatic heterocycles. The number of amides is 1. The van der Waals surface area contributed by atoms with Crippen LogP contribution in [-0.4, -0.2) is 32.4 Å². The smallest absolute Gasteiger partial charge is 0.280 e. The van der Waals surface area contributed by atoms with Crippen LogP contribution < -0.4 is 10.6 Å². The van der Waals surface area contributed by atoms with E-state index in [1.54, 1.807) is 36.5 Å². The van der Waals surface area contributed by atoms with E-state index in [9.17, 15) is 14.9 Å². The average Bonchev–Trinajstić information content (AvgIpc) is 3.57. The Balaban J connectivity index is 1.42. The molecular formula is C29H27N5O4S. The lowest BCUT2D eigenvalue weighted by Crippen LogP contribution is -2.32. The molecule has 9 nitrogen and oxygen atoms in total. The molecule has 1 aliphatic rings. The highest BCUT2D eigenvalue weighted by Gasteiger charge is 2.41. The Morgan fingerprint density at radius 2 is 1.87 bits per heavy atom. The second-order valence-electron chi connectivity index (χ2n) is 9.11. The first kappa shape index (κ1) is 26.1. The van der Waals surface area contributed by atoms with Crippen LogP contribution in [-0.2, 0) is 11.2 Å². The number of anilines is 1. The SMILES string of the molecule is CCc1ccccc1NC(=O)CCN1C(=S)N[C@@H](c2ccccn2)[C@H]1c1ccc(-c2ccccc2[N+](=O)[O-])o1. The number of thiocarbonyl (C=S) groups is 1. The van der Waals surface area contributed by atoms with E-state index < -0.39 is 11.0 Å². The van der Waals surface area contributed by atoms with Gasteiger partial charge >= 0.3 is 0 Å². The predicted octanol–water partition coefficient (Wildman–Crippen LogP) is 5.81. The maximum absolute atomic E-state index is 12.9. The fourth-order valence-corrected chi connectivity index (χ4v) is 5.17. The van der Waals surface area contributed by atoms with Crippen molar-refractivity contribution in [3.63, 3.8) is 0 Å². The molecule has 0 radical (unpaired) electrons. The highest BCUT2D eigenvalue weighted by Crippen LogP contribution is 2.41. The van der Waals surface area contributed by atoms with E-state index in [1.807, 2.05) is 54.3 Å². The standard InChI is InChI=1S/C29H27N5O4S/c1-2-19-9-3-5-11-21(19)31-26(35)16-18-33-28(27(32-29(33)39)22-12-7-8-17-30-22)25-15-14-24(38-25)20-10-4-6-13-23(20)34(36)37/h3-15,17,27-28H,2,16,18H2,1H3,(H,31,35)(H,32,39)/t27-,28+/m0/s1. The zero-order chi connectivity index (χ0) is 27.4. The third-order valence-electron chi connectivity index (χ3n) is 6.73. The fraction of sp³-hybridized carbons (Fsp3) is 0.207. The second-order valence-corrected chi connectivity index (χ2v) is 9.49. The number of nitro groups is 1. The molecule has 1 saturated heterocycles. The number of carbonyl (C=O) groups is 1. The van der Waals surface area contributed by atoms with Crippen LogP contribution in [0.1, 0.15) is 42.4 Å². The van der Waals surface area contributed by atoms with Gasteiger partial charge in [-0.1, -0.05) is 43.3 Å². The summed E-state index contributed by atoms with van der Waals surface area (Å²) < 4.78 is 6.23. The summed E-state index contributed by atoms with van der Waals surface area (Å²) >= 11 is 5.70. The number of hydrogen-bond acceptors (Lipinski definition) is 6. The number of nitrogens with one attached hydrogen (secondary N) is 2. The molecule has 2 aromatic heterocycles. The van der Waals surface area contributed by atoms with Crippen LogP contribution in [0.25, 0.3) is 11.3 Å². The van der Waals surface area contributed by atoms with Crippen molar-refractivity contribution in [1.82, 2.24) is 15.2 Å². The van der Waals surface area contributed by atoms with Crippen LogP contribution in [0.15, 0.2) is 89.5 Å². The van der Waals surface area contributed by atoms with Crippen molar-refractivity contribution in [2.24, 2.45) is 0 Å². The summed E-state index contributed by atoms with van der Waals surface area (Å²) in [5.41, 5.74) is 2.97. The Labute approximate surface area is 231 Å². The third-order valence-corrected chi connectivity index (χ3v) is 7.09. The fourth-order valence-electron chi connectivity index (χ4n) is 4.84. The van der Waals surface area contributed by atoms with Gasteiger partial charge in [-0.05, 0) is 60.6 Å². The molecule has 0 unspecified atom stereocenters. The summed E-state index contributed by atoms with van der Waals surface area (Å²) in [5.74, 6) is 0.811. The molecule has 10 heteroatoms. The number of carbonyl (C=O) groups excluding carboxylic acids is 1. The van der Waals surface area contributed by atoms with Crippen molar-refractivity contribution >= 4 is 34.6 Å². The lowest BCUT2D eigenvalue weighted by molar-refractivity contribution is -0.384. The third kappa shape index (κ3) is 5.51. The van der Waals surface area contributed by atoms with Gasteiger partial charge in [-0.2, -0.15) is 0 Å². The van der Waals surface area contributed by atoms with Gasteiger partial charge in [0, 0.05) is 30.9 Å². The molecule has 4 aromatic rings. The van der Waals surface area contributed by atoms with Crippen LogP contribution in [0.4, 0.5) is 11.4 Å². The lowest BCUT2D eigenvalue weighted by Gasteiger charge is -2.26. The monoisotopic (exact) mass is 541 g/mol. The van der Waals surface area contributed by atoms with Crippen LogP contribution >= 0.6 is 12.2 Å². The van der Waals surface area contributed by atoms with Gasteiger partial charge in [0.2, 0.25) is 5.91 Å². The first-order valence-corrected chi connectivity index (χ1v) is 13.1. The van der Waals surface area contributed by atoms with E-state index in [0.717, 1.165) is 23.4 Å². The van der Waals surface area contributed by atoms with Gasteiger partial charge < -0.3 is 20.0 Å². The molecule has 3 heterocycles. The molecule has 0 bridgehead atoms. The van der Waals surface area contributed by atoms with E-state index in [1.165, 1.54) is 6.07 Å². The van der Waals surface area contributed by atoms with E-state index in [-0.39, 0.29) is 24.1 Å². The Hall–Kier alpha value is -4.57. The number of benzene rings is 2. The van der Waals surface area contributed by atoms with E-state index in [0.29, 0.717) is 28.7 Å². The Morgan fingerprint density at radius 1 is 1.10 bits per heavy atom. The highest BCUT2D eigenvalue weighted by atomic mass is 32.1. The van der Waals surface area contributed by atoms with Crippen molar-refractivity contribution in [2.75, 3.05) is 11.9 Å². The number of furan rings is 1. The van der Waals surface area contributed by atoms with Gasteiger partial charge in [0.15, 0.2) is 5.11 Å². The summed E-state index contributed by atoms with van der Waals surface area (Å²) in [6.45, 7) is 2.38. The number of aryl methyl sites for hydroxylation is 1. The van der Waals surface area contributed by atoms with E-state index in [4.69, 9.17) is 16.6 Å². The zero-order valence-corrected chi connectivity index (χ0v) is 22.1. The van der Waals surface area contributed by atoms with Crippen molar-refractivity contribution < 1.29 is 14.1 Å². The van der Waals surface area contributed by atoms with Gasteiger partial charge in [0.05, 0.1) is 22.2 Å². The van der Waals surface area contributed by atoms with Gasteiger partial charge in [0.1, 0.15) is 17.6 Å². The number of nitro benzene ring substituents is 1.